The van der Waals surface area contributed by atoms with Crippen LogP contribution in [0.3, 0.4) is 0 Å². The van der Waals surface area contributed by atoms with E-state index >= 15 is 0 Å². The van der Waals surface area contributed by atoms with Crippen molar-refractivity contribution in [3.63, 3.8) is 0 Å². The molecular weight excluding hydrogens is 302 g/mol. The first-order valence-corrected chi connectivity index (χ1v) is 8.00. The third-order valence-electron chi connectivity index (χ3n) is 4.51. The summed E-state index contributed by atoms with van der Waals surface area (Å²) < 4.78 is 0. The molecule has 2 heterocycles. The van der Waals surface area contributed by atoms with Crippen molar-refractivity contribution < 1.29 is 14.4 Å². The summed E-state index contributed by atoms with van der Waals surface area (Å²) >= 11 is 0.956. The van der Waals surface area contributed by atoms with Gasteiger partial charge in [0.2, 0.25) is 11.8 Å². The molecule has 6 nitrogen and oxygen atoms in total. The molecule has 0 spiro atoms. The van der Waals surface area contributed by atoms with Gasteiger partial charge in [-0.25, -0.2) is 4.90 Å². The molecule has 1 aliphatic carbocycles. The Morgan fingerprint density at radius 1 is 1.27 bits per heavy atom. The molecule has 3 amide bonds. The molecular formula is C15H15N3O3S. The Labute approximate surface area is 131 Å². The van der Waals surface area contributed by atoms with Gasteiger partial charge in [-0.05, 0) is 25.3 Å². The van der Waals surface area contributed by atoms with Crippen molar-refractivity contribution in [2.24, 2.45) is 17.6 Å². The number of hydrogen-bond donors (Lipinski definition) is 1. The standard InChI is InChI=1S/C15H15N3O3S/c1-7-10(6-16)15(22-11(7)12(17)19)18-13(20)8-4-2-3-5-9(8)14(18)21/h8-9H,2-5H2,1H3,(H2,17,19)/t8-,9+. The van der Waals surface area contributed by atoms with Gasteiger partial charge in [-0.3, -0.25) is 14.4 Å². The Hall–Kier alpha value is -2.20. The summed E-state index contributed by atoms with van der Waals surface area (Å²) in [6.07, 6.45) is 3.30. The van der Waals surface area contributed by atoms with E-state index in [0.717, 1.165) is 29.1 Å². The van der Waals surface area contributed by atoms with Crippen molar-refractivity contribution in [2.45, 2.75) is 32.6 Å². The lowest BCUT2D eigenvalue weighted by Crippen LogP contribution is -2.30. The Morgan fingerprint density at radius 3 is 2.27 bits per heavy atom. The van der Waals surface area contributed by atoms with Crippen molar-refractivity contribution >= 4 is 34.1 Å². The maximum atomic E-state index is 12.6. The number of thiophene rings is 1. The van der Waals surface area contributed by atoms with E-state index in [-0.39, 0.29) is 39.1 Å². The smallest absolute Gasteiger partial charge is 0.259 e. The Morgan fingerprint density at radius 2 is 1.82 bits per heavy atom. The summed E-state index contributed by atoms with van der Waals surface area (Å²) in [5.74, 6) is -1.71. The van der Waals surface area contributed by atoms with Gasteiger partial charge in [0.05, 0.1) is 22.3 Å². The molecule has 1 aliphatic heterocycles. The van der Waals surface area contributed by atoms with E-state index in [9.17, 15) is 19.6 Å². The molecule has 0 aromatic carbocycles. The van der Waals surface area contributed by atoms with Crippen molar-refractivity contribution in [2.75, 3.05) is 4.90 Å². The van der Waals surface area contributed by atoms with Gasteiger partial charge in [0.15, 0.2) is 0 Å². The predicted octanol–water partition coefficient (Wildman–Crippen LogP) is 1.71. The lowest BCUT2D eigenvalue weighted by molar-refractivity contribution is -0.122. The number of nitrogens with zero attached hydrogens (tertiary/aromatic N) is 2. The minimum absolute atomic E-state index is 0.194. The number of carbonyl (C=O) groups is 3. The fraction of sp³-hybridized carbons (Fsp3) is 0.467. The molecule has 22 heavy (non-hydrogen) atoms. The molecule has 0 unspecified atom stereocenters. The van der Waals surface area contributed by atoms with Crippen molar-refractivity contribution in [1.82, 2.24) is 0 Å². The minimum atomic E-state index is -0.651. The van der Waals surface area contributed by atoms with Crippen LogP contribution in [0.4, 0.5) is 5.00 Å². The lowest BCUT2D eigenvalue weighted by atomic mass is 9.81. The van der Waals surface area contributed by atoms with Gasteiger partial charge in [-0.15, -0.1) is 11.3 Å². The highest BCUT2D eigenvalue weighted by Gasteiger charge is 2.50. The number of hydrogen-bond acceptors (Lipinski definition) is 5. The van der Waals surface area contributed by atoms with Crippen LogP contribution in [-0.2, 0) is 9.59 Å². The quantitative estimate of drug-likeness (QED) is 0.838. The number of primary amides is 1. The zero-order valence-corrected chi connectivity index (χ0v) is 12.9. The van der Waals surface area contributed by atoms with Crippen LogP contribution in [0.25, 0.3) is 0 Å². The SMILES string of the molecule is Cc1c(C(N)=O)sc(N2C(=O)[C@H]3CCCC[C@H]3C2=O)c1C#N. The molecule has 1 aromatic rings. The first kappa shape index (κ1) is 14.7. The van der Waals surface area contributed by atoms with Crippen LogP contribution < -0.4 is 10.6 Å². The van der Waals surface area contributed by atoms with Gasteiger partial charge >= 0.3 is 0 Å². The average molecular weight is 317 g/mol. The van der Waals surface area contributed by atoms with Crippen molar-refractivity contribution in [3.8, 4) is 6.07 Å². The molecule has 1 saturated heterocycles. The normalized spacial score (nSPS) is 24.3. The summed E-state index contributed by atoms with van der Waals surface area (Å²) in [4.78, 5) is 38.0. The van der Waals surface area contributed by atoms with E-state index in [1.807, 2.05) is 6.07 Å². The van der Waals surface area contributed by atoms with Crippen molar-refractivity contribution in [1.29, 1.82) is 5.26 Å². The first-order chi connectivity index (χ1) is 10.5. The fourth-order valence-electron chi connectivity index (χ4n) is 3.38. The van der Waals surface area contributed by atoms with Crippen molar-refractivity contribution in [3.05, 3.63) is 16.0 Å². The molecule has 114 valence electrons. The number of imide groups is 1. The van der Waals surface area contributed by atoms with Gasteiger partial charge in [-0.2, -0.15) is 5.26 Å². The third kappa shape index (κ3) is 1.95. The summed E-state index contributed by atoms with van der Waals surface area (Å²) in [5, 5.41) is 9.59. The first-order valence-electron chi connectivity index (χ1n) is 7.18. The lowest BCUT2D eigenvalue weighted by Gasteiger charge is -2.19. The van der Waals surface area contributed by atoms with Crippen LogP contribution in [0.2, 0.25) is 0 Å². The number of fused-ring (bicyclic) bond motifs is 1. The number of nitrogens with two attached hydrogens (primary N) is 1. The zero-order valence-electron chi connectivity index (χ0n) is 12.1. The molecule has 1 saturated carbocycles. The van der Waals surface area contributed by atoms with Crippen LogP contribution in [0.5, 0.6) is 0 Å². The molecule has 2 fully saturated rings. The maximum absolute atomic E-state index is 12.6. The molecule has 0 bridgehead atoms. The average Bonchev–Trinajstić information content (AvgIpc) is 2.95. The zero-order chi connectivity index (χ0) is 16.0. The molecule has 3 rings (SSSR count). The summed E-state index contributed by atoms with van der Waals surface area (Å²) in [6, 6.07) is 1.99. The van der Waals surface area contributed by atoms with Crippen LogP contribution in [0, 0.1) is 30.1 Å². The van der Waals surface area contributed by atoms with Crippen LogP contribution in [-0.4, -0.2) is 17.7 Å². The van der Waals surface area contributed by atoms with Crippen LogP contribution >= 0.6 is 11.3 Å². The van der Waals surface area contributed by atoms with Gasteiger partial charge in [0.1, 0.15) is 11.1 Å². The second-order valence-electron chi connectivity index (χ2n) is 5.72. The van der Waals surface area contributed by atoms with E-state index in [2.05, 4.69) is 0 Å². The van der Waals surface area contributed by atoms with E-state index in [1.54, 1.807) is 6.92 Å². The topological polar surface area (TPSA) is 104 Å². The number of nitriles is 1. The van der Waals surface area contributed by atoms with E-state index < -0.39 is 5.91 Å². The van der Waals surface area contributed by atoms with Gasteiger partial charge < -0.3 is 5.73 Å². The van der Waals surface area contributed by atoms with Gasteiger partial charge in [0, 0.05) is 0 Å². The predicted molar refractivity (Wildman–Crippen MR) is 80.2 cm³/mol. The van der Waals surface area contributed by atoms with E-state index in [4.69, 9.17) is 5.73 Å². The Bertz CT molecular complexity index is 707. The third-order valence-corrected chi connectivity index (χ3v) is 5.80. The van der Waals surface area contributed by atoms with Gasteiger partial charge in [-0.1, -0.05) is 12.8 Å². The second-order valence-corrected chi connectivity index (χ2v) is 6.72. The summed E-state index contributed by atoms with van der Waals surface area (Å²) in [5.41, 5.74) is 5.94. The molecule has 2 aliphatic rings. The number of carbonyl (C=O) groups excluding carboxylic acids is 3. The molecule has 2 N–H and O–H groups in total. The molecule has 7 heteroatoms. The molecule has 0 radical (unpaired) electrons. The van der Waals surface area contributed by atoms with E-state index in [0.29, 0.717) is 18.4 Å². The Kier molecular flexibility index (Phi) is 3.49. The molecule has 2 atom stereocenters. The van der Waals surface area contributed by atoms with Crippen LogP contribution in [0.15, 0.2) is 0 Å². The second kappa shape index (κ2) is 5.21. The van der Waals surface area contributed by atoms with Gasteiger partial charge in [0.25, 0.3) is 5.91 Å². The largest absolute Gasteiger partial charge is 0.365 e. The maximum Gasteiger partial charge on any atom is 0.259 e. The fourth-order valence-corrected chi connectivity index (χ4v) is 4.51. The highest BCUT2D eigenvalue weighted by Crippen LogP contribution is 2.44. The summed E-state index contributed by atoms with van der Waals surface area (Å²) in [6.45, 7) is 1.61. The number of amides is 3. The highest BCUT2D eigenvalue weighted by atomic mass is 32.1. The Balaban J connectivity index is 2.10. The minimum Gasteiger partial charge on any atom is -0.365 e. The summed E-state index contributed by atoms with van der Waals surface area (Å²) in [7, 11) is 0. The monoisotopic (exact) mass is 317 g/mol. The van der Waals surface area contributed by atoms with Crippen LogP contribution in [0.1, 0.15) is 46.5 Å². The number of anilines is 1. The number of rotatable bonds is 2. The highest BCUT2D eigenvalue weighted by molar-refractivity contribution is 7.18. The molecule has 1 aromatic heterocycles. The van der Waals surface area contributed by atoms with E-state index in [1.165, 1.54) is 0 Å².